The summed E-state index contributed by atoms with van der Waals surface area (Å²) in [7, 11) is 0. The number of thioether (sulfide) groups is 1. The molecule has 0 atom stereocenters. The van der Waals surface area contributed by atoms with Gasteiger partial charge < -0.3 is 9.26 Å². The van der Waals surface area contributed by atoms with E-state index >= 15 is 0 Å². The lowest BCUT2D eigenvalue weighted by Gasteiger charge is -2.12. The Kier molecular flexibility index (Phi) is 4.27. The average molecular weight is 277 g/mol. The summed E-state index contributed by atoms with van der Waals surface area (Å²) in [6.07, 6.45) is 3.51. The molecule has 0 saturated carbocycles. The van der Waals surface area contributed by atoms with Crippen LogP contribution in [0, 0.1) is 6.92 Å². The van der Waals surface area contributed by atoms with Crippen molar-refractivity contribution in [2.45, 2.75) is 18.7 Å². The smallest absolute Gasteiger partial charge is 0.338 e. The van der Waals surface area contributed by atoms with E-state index < -0.39 is 0 Å². The van der Waals surface area contributed by atoms with Crippen LogP contribution in [0.3, 0.4) is 0 Å². The van der Waals surface area contributed by atoms with Gasteiger partial charge in [0.05, 0.1) is 12.2 Å². The van der Waals surface area contributed by atoms with Gasteiger partial charge in [-0.15, -0.1) is 11.8 Å². The number of carbonyl (C=O) groups is 1. The van der Waals surface area contributed by atoms with Crippen LogP contribution in [0.25, 0.3) is 11.3 Å². The van der Waals surface area contributed by atoms with Gasteiger partial charge in [-0.2, -0.15) is 0 Å². The molecule has 2 aromatic rings. The van der Waals surface area contributed by atoms with Crippen molar-refractivity contribution in [3.63, 3.8) is 0 Å². The molecule has 0 aliphatic carbocycles. The van der Waals surface area contributed by atoms with Crippen LogP contribution in [0.1, 0.15) is 22.8 Å². The van der Waals surface area contributed by atoms with E-state index in [2.05, 4.69) is 5.16 Å². The number of esters is 1. The number of nitrogens with zero attached hydrogens (tertiary/aromatic N) is 1. The van der Waals surface area contributed by atoms with Crippen molar-refractivity contribution in [1.82, 2.24) is 5.16 Å². The van der Waals surface area contributed by atoms with Crippen molar-refractivity contribution >= 4 is 17.7 Å². The molecular weight excluding hydrogens is 262 g/mol. The van der Waals surface area contributed by atoms with Gasteiger partial charge in [0.1, 0.15) is 12.0 Å². The van der Waals surface area contributed by atoms with E-state index in [-0.39, 0.29) is 5.97 Å². The average Bonchev–Trinajstić information content (AvgIpc) is 2.91. The number of aromatic nitrogens is 1. The number of hydrogen-bond donors (Lipinski definition) is 0. The van der Waals surface area contributed by atoms with Gasteiger partial charge in [-0.05, 0) is 37.8 Å². The Morgan fingerprint density at radius 2 is 2.21 bits per heavy atom. The molecule has 0 aliphatic rings. The van der Waals surface area contributed by atoms with Crippen LogP contribution in [0.15, 0.2) is 33.9 Å². The Hall–Kier alpha value is -1.75. The molecule has 0 unspecified atom stereocenters. The van der Waals surface area contributed by atoms with Crippen LogP contribution in [0.2, 0.25) is 0 Å². The maximum absolute atomic E-state index is 11.9. The van der Waals surface area contributed by atoms with Gasteiger partial charge >= 0.3 is 5.97 Å². The van der Waals surface area contributed by atoms with Gasteiger partial charge in [0.25, 0.3) is 0 Å². The maximum Gasteiger partial charge on any atom is 0.338 e. The topological polar surface area (TPSA) is 52.3 Å². The fourth-order valence-corrected chi connectivity index (χ4v) is 2.61. The zero-order chi connectivity index (χ0) is 13.8. The lowest BCUT2D eigenvalue weighted by molar-refractivity contribution is 0.0525. The van der Waals surface area contributed by atoms with Gasteiger partial charge in [-0.3, -0.25) is 0 Å². The summed E-state index contributed by atoms with van der Waals surface area (Å²) in [6.45, 7) is 4.06. The zero-order valence-corrected chi connectivity index (χ0v) is 11.9. The van der Waals surface area contributed by atoms with Crippen molar-refractivity contribution < 1.29 is 14.1 Å². The second-order valence-electron chi connectivity index (χ2n) is 3.92. The lowest BCUT2D eigenvalue weighted by atomic mass is 10.00. The van der Waals surface area contributed by atoms with E-state index in [0.29, 0.717) is 12.2 Å². The quantitative estimate of drug-likeness (QED) is 0.632. The second kappa shape index (κ2) is 5.93. The summed E-state index contributed by atoms with van der Waals surface area (Å²) < 4.78 is 9.96. The fourth-order valence-electron chi connectivity index (χ4n) is 1.95. The van der Waals surface area contributed by atoms with Crippen LogP contribution >= 0.6 is 11.8 Å². The predicted molar refractivity (Wildman–Crippen MR) is 74.4 cm³/mol. The number of hydrogen-bond acceptors (Lipinski definition) is 5. The molecular formula is C14H15NO3S. The van der Waals surface area contributed by atoms with Crippen molar-refractivity contribution in [3.05, 3.63) is 35.6 Å². The Balaban J connectivity index is 2.57. The maximum atomic E-state index is 11.9. The molecule has 2 rings (SSSR count). The highest BCUT2D eigenvalue weighted by Crippen LogP contribution is 2.34. The Bertz CT molecular complexity index is 579. The molecule has 100 valence electrons. The minimum Gasteiger partial charge on any atom is -0.462 e. The molecule has 1 aromatic carbocycles. The van der Waals surface area contributed by atoms with Gasteiger partial charge in [0.2, 0.25) is 0 Å². The van der Waals surface area contributed by atoms with Crippen molar-refractivity contribution in [3.8, 4) is 11.3 Å². The van der Waals surface area contributed by atoms with Crippen molar-refractivity contribution in [2.24, 2.45) is 0 Å². The van der Waals surface area contributed by atoms with Crippen molar-refractivity contribution in [1.29, 1.82) is 0 Å². The lowest BCUT2D eigenvalue weighted by Crippen LogP contribution is -2.08. The molecule has 0 N–H and O–H groups in total. The van der Waals surface area contributed by atoms with E-state index in [1.807, 2.05) is 19.2 Å². The second-order valence-corrected chi connectivity index (χ2v) is 4.77. The van der Waals surface area contributed by atoms with Crippen LogP contribution < -0.4 is 0 Å². The third-order valence-electron chi connectivity index (χ3n) is 2.84. The third-order valence-corrected chi connectivity index (χ3v) is 3.62. The summed E-state index contributed by atoms with van der Waals surface area (Å²) in [6, 6.07) is 5.49. The number of ether oxygens (including phenoxy) is 1. The molecule has 0 spiro atoms. The minimum atomic E-state index is -0.308. The molecule has 0 fully saturated rings. The van der Waals surface area contributed by atoms with Crippen LogP contribution in [-0.2, 0) is 4.74 Å². The van der Waals surface area contributed by atoms with Crippen LogP contribution in [0.5, 0.6) is 0 Å². The molecule has 0 aliphatic heterocycles. The first-order valence-electron chi connectivity index (χ1n) is 5.94. The molecule has 0 amide bonds. The highest BCUT2D eigenvalue weighted by molar-refractivity contribution is 7.98. The zero-order valence-electron chi connectivity index (χ0n) is 11.1. The normalized spacial score (nSPS) is 10.5. The molecule has 0 saturated heterocycles. The first kappa shape index (κ1) is 13.7. The van der Waals surface area contributed by atoms with Gasteiger partial charge in [0.15, 0.2) is 0 Å². The molecule has 19 heavy (non-hydrogen) atoms. The molecule has 1 aromatic heterocycles. The summed E-state index contributed by atoms with van der Waals surface area (Å²) in [4.78, 5) is 13.0. The van der Waals surface area contributed by atoms with E-state index in [4.69, 9.17) is 9.26 Å². The molecule has 4 nitrogen and oxygen atoms in total. The van der Waals surface area contributed by atoms with E-state index in [0.717, 1.165) is 21.7 Å². The van der Waals surface area contributed by atoms with E-state index in [1.54, 1.807) is 30.8 Å². The molecule has 5 heteroatoms. The Morgan fingerprint density at radius 3 is 2.79 bits per heavy atom. The van der Waals surface area contributed by atoms with Crippen molar-refractivity contribution in [2.75, 3.05) is 12.9 Å². The summed E-state index contributed by atoms with van der Waals surface area (Å²) in [5.41, 5.74) is 3.08. The molecule has 0 bridgehead atoms. The highest BCUT2D eigenvalue weighted by atomic mass is 32.2. The largest absolute Gasteiger partial charge is 0.462 e. The summed E-state index contributed by atoms with van der Waals surface area (Å²) >= 11 is 1.61. The summed E-state index contributed by atoms with van der Waals surface area (Å²) in [5.74, 6) is -0.308. The minimum absolute atomic E-state index is 0.308. The third kappa shape index (κ3) is 2.66. The van der Waals surface area contributed by atoms with Crippen LogP contribution in [0.4, 0.5) is 0 Å². The number of carbonyl (C=O) groups excluding carboxylic acids is 1. The van der Waals surface area contributed by atoms with E-state index in [1.165, 1.54) is 6.26 Å². The van der Waals surface area contributed by atoms with Gasteiger partial charge in [-0.25, -0.2) is 4.79 Å². The molecule has 0 radical (unpaired) electrons. The van der Waals surface area contributed by atoms with Crippen LogP contribution in [-0.4, -0.2) is 24.0 Å². The van der Waals surface area contributed by atoms with Gasteiger partial charge in [-0.1, -0.05) is 5.16 Å². The first-order valence-corrected chi connectivity index (χ1v) is 7.17. The highest BCUT2D eigenvalue weighted by Gasteiger charge is 2.18. The standard InChI is InChI=1S/C14H15NO3S/c1-4-17-14(16)10-5-6-12(19-3)13(9(10)2)11-7-8-18-15-11/h5-8H,4H2,1-3H3. The van der Waals surface area contributed by atoms with E-state index in [9.17, 15) is 4.79 Å². The Morgan fingerprint density at radius 1 is 1.42 bits per heavy atom. The monoisotopic (exact) mass is 277 g/mol. The molecule has 1 heterocycles. The first-order chi connectivity index (χ1) is 9.19. The fraction of sp³-hybridized carbons (Fsp3) is 0.286. The SMILES string of the molecule is CCOC(=O)c1ccc(SC)c(-c2ccon2)c1C. The van der Waals surface area contributed by atoms with Gasteiger partial charge in [0, 0.05) is 16.5 Å². The summed E-state index contributed by atoms with van der Waals surface area (Å²) in [5, 5.41) is 3.96. The number of benzene rings is 1. The number of rotatable bonds is 4. The predicted octanol–water partition coefficient (Wildman–Crippen LogP) is 3.55. The Labute approximate surface area is 116 Å².